The molecule has 3 heterocycles. The Hall–Kier alpha value is -1.98. The molecule has 2 aliphatic rings. The lowest BCUT2D eigenvalue weighted by Gasteiger charge is -2.44. The van der Waals surface area contributed by atoms with Crippen LogP contribution in [0.15, 0.2) is 52.6 Å². The number of benzene rings is 1. The van der Waals surface area contributed by atoms with Gasteiger partial charge < -0.3 is 9.84 Å². The number of aliphatic hydroxyl groups excluding tert-OH is 1. The summed E-state index contributed by atoms with van der Waals surface area (Å²) in [5.74, 6) is 0.983. The second kappa shape index (κ2) is 5.53. The number of halogens is 1. The topological polar surface area (TPSA) is 45.1 Å². The monoisotopic (exact) mass is 360 g/mol. The van der Waals surface area contributed by atoms with E-state index in [-0.39, 0.29) is 11.8 Å². The predicted molar refractivity (Wildman–Crippen MR) is 96.9 cm³/mol. The van der Waals surface area contributed by atoms with Crippen molar-refractivity contribution in [3.63, 3.8) is 0 Å². The molecule has 0 amide bonds. The number of fused-ring (bicyclic) bond motifs is 3. The Kier molecular flexibility index (Phi) is 3.58. The molecule has 2 aromatic rings. The first-order chi connectivity index (χ1) is 11.5. The summed E-state index contributed by atoms with van der Waals surface area (Å²) < 4.78 is 6.19. The zero-order chi connectivity index (χ0) is 16.9. The summed E-state index contributed by atoms with van der Waals surface area (Å²) in [5.41, 5.74) is 1.21. The van der Waals surface area contributed by atoms with Crippen LogP contribution in [0, 0.1) is 0 Å². The summed E-state index contributed by atoms with van der Waals surface area (Å²) in [5, 5.41) is 19.3. The van der Waals surface area contributed by atoms with Gasteiger partial charge in [0.1, 0.15) is 5.75 Å². The lowest BCUT2D eigenvalue weighted by atomic mass is 9.96. The molecule has 24 heavy (non-hydrogen) atoms. The molecule has 0 spiro atoms. The maximum atomic E-state index is 9.82. The Morgan fingerprint density at radius 1 is 1.50 bits per heavy atom. The minimum absolute atomic E-state index is 0.0325. The van der Waals surface area contributed by atoms with E-state index < -0.39 is 5.72 Å². The number of aliphatic hydroxyl groups is 1. The summed E-state index contributed by atoms with van der Waals surface area (Å²) in [7, 11) is 0. The van der Waals surface area contributed by atoms with Gasteiger partial charge in [0, 0.05) is 30.0 Å². The van der Waals surface area contributed by atoms with Crippen LogP contribution in [0.4, 0.5) is 0 Å². The van der Waals surface area contributed by atoms with Crippen molar-refractivity contribution in [1.82, 2.24) is 5.01 Å². The minimum Gasteiger partial charge on any atom is -0.513 e. The Balaban J connectivity index is 1.84. The number of hydrazone groups is 1. The third-order valence-corrected chi connectivity index (χ3v) is 5.45. The van der Waals surface area contributed by atoms with Crippen molar-refractivity contribution in [3.05, 3.63) is 63.0 Å². The molecular weight excluding hydrogens is 344 g/mol. The minimum atomic E-state index is -0.844. The fourth-order valence-corrected chi connectivity index (χ4v) is 4.28. The van der Waals surface area contributed by atoms with E-state index >= 15 is 0 Å². The first-order valence-corrected chi connectivity index (χ1v) is 8.99. The molecule has 0 unspecified atom stereocenters. The normalized spacial score (nSPS) is 25.8. The first-order valence-electron chi connectivity index (χ1n) is 7.74. The molecule has 2 aliphatic heterocycles. The third kappa shape index (κ3) is 2.48. The van der Waals surface area contributed by atoms with Gasteiger partial charge in [-0.05, 0) is 36.6 Å². The van der Waals surface area contributed by atoms with Gasteiger partial charge in [-0.1, -0.05) is 17.7 Å². The molecule has 0 saturated carbocycles. The van der Waals surface area contributed by atoms with Gasteiger partial charge >= 0.3 is 0 Å². The quantitative estimate of drug-likeness (QED) is 0.756. The molecule has 1 N–H and O–H groups in total. The molecule has 0 fully saturated rings. The van der Waals surface area contributed by atoms with E-state index in [1.165, 1.54) is 0 Å². The maximum absolute atomic E-state index is 9.82. The lowest BCUT2D eigenvalue weighted by Crippen LogP contribution is -2.50. The highest BCUT2D eigenvalue weighted by atomic mass is 35.5. The number of thiophene rings is 1. The molecule has 0 aliphatic carbocycles. The SMILES string of the molecule is C/C(O)=C\[C@@]1(C)Oc2ccc(Cl)cc2[C@H]2CC(c3cccs3)=NN21. The predicted octanol–water partition coefficient (Wildman–Crippen LogP) is 5.12. The molecule has 0 saturated heterocycles. The molecular formula is C18H17ClN2O2S. The van der Waals surface area contributed by atoms with E-state index in [2.05, 4.69) is 6.07 Å². The van der Waals surface area contributed by atoms with Crippen LogP contribution in [0.25, 0.3) is 0 Å². The zero-order valence-corrected chi connectivity index (χ0v) is 14.9. The average molecular weight is 361 g/mol. The van der Waals surface area contributed by atoms with Crippen molar-refractivity contribution < 1.29 is 9.84 Å². The zero-order valence-electron chi connectivity index (χ0n) is 13.4. The van der Waals surface area contributed by atoms with Gasteiger partial charge in [-0.15, -0.1) is 11.3 Å². The van der Waals surface area contributed by atoms with Gasteiger partial charge in [0.15, 0.2) is 0 Å². The Morgan fingerprint density at radius 2 is 2.33 bits per heavy atom. The molecule has 4 rings (SSSR count). The van der Waals surface area contributed by atoms with E-state index in [4.69, 9.17) is 21.4 Å². The van der Waals surface area contributed by atoms with Crippen LogP contribution in [-0.4, -0.2) is 21.6 Å². The molecule has 0 bridgehead atoms. The van der Waals surface area contributed by atoms with Crippen molar-refractivity contribution in [3.8, 4) is 5.75 Å². The Morgan fingerprint density at radius 3 is 3.04 bits per heavy atom. The summed E-state index contributed by atoms with van der Waals surface area (Å²) >= 11 is 7.87. The molecule has 1 aromatic heterocycles. The van der Waals surface area contributed by atoms with Gasteiger partial charge in [-0.2, -0.15) is 5.10 Å². The van der Waals surface area contributed by atoms with Crippen LogP contribution in [-0.2, 0) is 0 Å². The molecule has 124 valence electrons. The molecule has 0 radical (unpaired) electrons. The van der Waals surface area contributed by atoms with Gasteiger partial charge in [0.25, 0.3) is 0 Å². The van der Waals surface area contributed by atoms with Crippen molar-refractivity contribution in [2.24, 2.45) is 5.10 Å². The van der Waals surface area contributed by atoms with Crippen LogP contribution in [0.3, 0.4) is 0 Å². The molecule has 1 aromatic carbocycles. The van der Waals surface area contributed by atoms with Crippen molar-refractivity contribution >= 4 is 28.6 Å². The van der Waals surface area contributed by atoms with Gasteiger partial charge in [0.05, 0.1) is 22.4 Å². The number of nitrogens with zero attached hydrogens (tertiary/aromatic N) is 2. The van der Waals surface area contributed by atoms with Crippen LogP contribution in [0.1, 0.15) is 36.8 Å². The third-order valence-electron chi connectivity index (χ3n) is 4.29. The first kappa shape index (κ1) is 15.5. The van der Waals surface area contributed by atoms with Crippen molar-refractivity contribution in [2.75, 3.05) is 0 Å². The maximum Gasteiger partial charge on any atom is 0.218 e. The molecule has 6 heteroatoms. The van der Waals surface area contributed by atoms with Crippen molar-refractivity contribution in [2.45, 2.75) is 32.0 Å². The summed E-state index contributed by atoms with van der Waals surface area (Å²) in [4.78, 5) is 1.15. The highest BCUT2D eigenvalue weighted by Gasteiger charge is 2.47. The number of allylic oxidation sites excluding steroid dienone is 1. The van der Waals surface area contributed by atoms with Gasteiger partial charge in [0.2, 0.25) is 5.72 Å². The van der Waals surface area contributed by atoms with Crippen LogP contribution in [0.5, 0.6) is 5.75 Å². The average Bonchev–Trinajstić information content (AvgIpc) is 3.16. The van der Waals surface area contributed by atoms with Crippen LogP contribution < -0.4 is 4.74 Å². The lowest BCUT2D eigenvalue weighted by molar-refractivity contribution is -0.0697. The second-order valence-electron chi connectivity index (χ2n) is 6.21. The van der Waals surface area contributed by atoms with Gasteiger partial charge in [-0.3, -0.25) is 0 Å². The fourth-order valence-electron chi connectivity index (χ4n) is 3.38. The smallest absolute Gasteiger partial charge is 0.218 e. The van der Waals surface area contributed by atoms with E-state index in [9.17, 15) is 5.11 Å². The fraction of sp³-hybridized carbons (Fsp3) is 0.278. The molecule has 4 nitrogen and oxygen atoms in total. The largest absolute Gasteiger partial charge is 0.513 e. The van der Waals surface area contributed by atoms with Gasteiger partial charge in [-0.25, -0.2) is 5.01 Å². The number of rotatable bonds is 2. The Bertz CT molecular complexity index is 843. The van der Waals surface area contributed by atoms with E-state index in [0.717, 1.165) is 28.3 Å². The molecule has 2 atom stereocenters. The highest BCUT2D eigenvalue weighted by Crippen LogP contribution is 2.48. The number of hydrogen-bond acceptors (Lipinski definition) is 5. The summed E-state index contributed by atoms with van der Waals surface area (Å²) in [6, 6.07) is 9.78. The number of hydrogen-bond donors (Lipinski definition) is 1. The Labute approximate surface area is 149 Å². The van der Waals surface area contributed by atoms with E-state index in [1.807, 2.05) is 41.6 Å². The van der Waals surface area contributed by atoms with E-state index in [0.29, 0.717) is 5.02 Å². The number of ether oxygens (including phenoxy) is 1. The summed E-state index contributed by atoms with van der Waals surface area (Å²) in [6.07, 6.45) is 2.48. The van der Waals surface area contributed by atoms with Crippen LogP contribution >= 0.6 is 22.9 Å². The highest BCUT2D eigenvalue weighted by molar-refractivity contribution is 7.12. The summed E-state index contributed by atoms with van der Waals surface area (Å²) in [6.45, 7) is 3.55. The van der Waals surface area contributed by atoms with Crippen LogP contribution in [0.2, 0.25) is 5.02 Å². The van der Waals surface area contributed by atoms with E-state index in [1.54, 1.807) is 24.3 Å². The second-order valence-corrected chi connectivity index (χ2v) is 7.60. The van der Waals surface area contributed by atoms with Crippen molar-refractivity contribution in [1.29, 1.82) is 0 Å². The standard InChI is InChI=1S/C18H17ClN2O2S/c1-11(22)10-18(2)21-15(9-14(20-21)17-4-3-7-24-17)13-8-12(19)5-6-16(13)23-18/h3-8,10,15,22H,9H2,1-2H3/b11-10+/t15-,18-/m1/s1.